The van der Waals surface area contributed by atoms with Crippen molar-refractivity contribution in [1.29, 1.82) is 0 Å². The number of halogens is 1. The molecule has 0 radical (unpaired) electrons. The van der Waals surface area contributed by atoms with E-state index in [-0.39, 0.29) is 50.5 Å². The fraction of sp³-hybridized carbons (Fsp3) is 0.811. The number of ether oxygens (including phenoxy) is 8. The van der Waals surface area contributed by atoms with E-state index in [1.54, 1.807) is 73.7 Å². The fourth-order valence-electron chi connectivity index (χ4n) is 11.2. The van der Waals surface area contributed by atoms with Crippen molar-refractivity contribution in [2.45, 2.75) is 198 Å². The molecule has 19 atom stereocenters. The highest BCUT2D eigenvalue weighted by Gasteiger charge is 2.53. The van der Waals surface area contributed by atoms with Crippen LogP contribution in [0.15, 0.2) is 35.6 Å². The number of hydrogen-bond donors (Lipinski definition) is 5. The van der Waals surface area contributed by atoms with E-state index in [9.17, 15) is 44.8 Å². The van der Waals surface area contributed by atoms with Gasteiger partial charge >= 0.3 is 5.97 Å². The number of benzene rings is 1. The Hall–Kier alpha value is -3.89. The number of nitro benzene ring substituents is 1. The predicted molar refractivity (Wildman–Crippen MR) is 277 cm³/mol. The van der Waals surface area contributed by atoms with Gasteiger partial charge in [0, 0.05) is 75.7 Å². The molecule has 0 amide bonds. The second-order valence-electron chi connectivity index (χ2n) is 22.1. The van der Waals surface area contributed by atoms with Gasteiger partial charge in [-0.1, -0.05) is 50.2 Å². The number of hydrogen-bond acceptors (Lipinski definition) is 21. The molecular formula is C53H87FN6O17. The van der Waals surface area contributed by atoms with E-state index in [4.69, 9.17) is 42.7 Å². The van der Waals surface area contributed by atoms with E-state index < -0.39 is 132 Å². The van der Waals surface area contributed by atoms with Crippen LogP contribution in [0.1, 0.15) is 112 Å². The third kappa shape index (κ3) is 15.9. The molecule has 24 heteroatoms. The lowest BCUT2D eigenvalue weighted by Crippen LogP contribution is -2.61. The van der Waals surface area contributed by atoms with Crippen LogP contribution in [0.4, 0.5) is 10.1 Å². The molecule has 4 heterocycles. The molecule has 23 nitrogen and oxygen atoms in total. The summed E-state index contributed by atoms with van der Waals surface area (Å²) in [7, 11) is 4.84. The maximum Gasteiger partial charge on any atom is 0.311 e. The third-order valence-electron chi connectivity index (χ3n) is 15.9. The Kier molecular flexibility index (Phi) is 23.3. The number of likely N-dealkylation sites (N-methyl/N-ethyl adjacent to an activating group) is 1. The van der Waals surface area contributed by atoms with Crippen molar-refractivity contribution in [2.24, 2.45) is 28.8 Å². The number of aliphatic hydroxyl groups excluding tert-OH is 3. The minimum absolute atomic E-state index is 0.0369. The molecule has 0 aliphatic carbocycles. The fourth-order valence-corrected chi connectivity index (χ4v) is 11.2. The molecule has 2 aromatic rings. The summed E-state index contributed by atoms with van der Waals surface area (Å²) in [6, 6.07) is 4.66. The first-order valence-electron chi connectivity index (χ1n) is 26.8. The van der Waals surface area contributed by atoms with Crippen LogP contribution < -0.4 is 0 Å². The Morgan fingerprint density at radius 3 is 2.30 bits per heavy atom. The van der Waals surface area contributed by atoms with Crippen LogP contribution in [-0.4, -0.2) is 201 Å². The zero-order valence-corrected chi connectivity index (χ0v) is 47.1. The number of alkyl halides is 1. The smallest absolute Gasteiger partial charge is 0.311 e. The third-order valence-corrected chi connectivity index (χ3v) is 15.9. The Labute approximate surface area is 451 Å². The number of non-ortho nitro benzene ring substituents is 1. The second kappa shape index (κ2) is 28.0. The maximum absolute atomic E-state index is 14.6. The number of methoxy groups -OCH3 is 2. The zero-order valence-electron chi connectivity index (χ0n) is 47.1. The monoisotopic (exact) mass is 1100 g/mol. The van der Waals surface area contributed by atoms with Gasteiger partial charge in [-0.2, -0.15) is 0 Å². The molecule has 438 valence electrons. The number of cyclic esters (lactones) is 1. The predicted octanol–water partition coefficient (Wildman–Crippen LogP) is 4.08. The van der Waals surface area contributed by atoms with Gasteiger partial charge in [0.15, 0.2) is 12.6 Å². The average Bonchev–Trinajstić information content (AvgIpc) is 3.87. The second-order valence-corrected chi connectivity index (χ2v) is 22.1. The zero-order chi connectivity index (χ0) is 57.2. The van der Waals surface area contributed by atoms with E-state index in [0.29, 0.717) is 37.3 Å². The molecule has 1 unspecified atom stereocenters. The highest BCUT2D eigenvalue weighted by atomic mass is 19.1. The molecular weight excluding hydrogens is 1010 g/mol. The summed E-state index contributed by atoms with van der Waals surface area (Å²) in [6.07, 6.45) is -8.63. The van der Waals surface area contributed by atoms with Gasteiger partial charge in [0.05, 0.1) is 83.2 Å². The van der Waals surface area contributed by atoms with Crippen molar-refractivity contribution in [3.05, 3.63) is 51.8 Å². The minimum atomic E-state index is -2.03. The lowest BCUT2D eigenvalue weighted by molar-refractivity contribution is -0.384. The topological polar surface area (TPSA) is 291 Å². The first kappa shape index (κ1) is 63.9. The molecule has 0 bridgehead atoms. The molecule has 0 spiro atoms. The van der Waals surface area contributed by atoms with Gasteiger partial charge in [0.1, 0.15) is 30.6 Å². The first-order valence-corrected chi connectivity index (χ1v) is 26.8. The van der Waals surface area contributed by atoms with E-state index in [2.05, 4.69) is 15.5 Å². The van der Waals surface area contributed by atoms with Crippen LogP contribution in [0.3, 0.4) is 0 Å². The number of rotatable bonds is 21. The Bertz CT molecular complexity index is 2190. The SMILES string of the molecule is CC[C@H]1OC(=O)[C@H](C)[C@@H](O[C@H]2C[C@@](C)(OC)[C@@H](O)[C@H](C)O2)[C@H](C)[C@@H](O[C@@H]2O[C@H](C)C[C@H](N(C)CCc3cn(C(CF)Cc4ccc([N+](=O)[O-])cc4)nn3)[C@H]2O)[C@](C)(O)C[C@@H](C)/C(=N\OCOCCOC)[C@H](C)[C@@H](O)[C@]1(C)O. The highest BCUT2D eigenvalue weighted by molar-refractivity contribution is 5.88. The molecule has 0 saturated carbocycles. The van der Waals surface area contributed by atoms with Gasteiger partial charge < -0.3 is 73.2 Å². The van der Waals surface area contributed by atoms with Gasteiger partial charge in [-0.25, -0.2) is 9.07 Å². The number of aromatic nitrogens is 3. The number of oxime groups is 1. The molecule has 5 N–H and O–H groups in total. The number of nitrogens with zero attached hydrogens (tertiary/aromatic N) is 6. The Morgan fingerprint density at radius 2 is 1.68 bits per heavy atom. The standard InChI is InChI=1S/C53H87FN6O17/c1-14-41-53(10,66)46(62)32(4)43(56-72-29-71-22-21-69-12)30(2)25-51(8,65)48(33(5)45(34(6)49(64)75-41)76-42-26-52(9,70-13)47(63)35(7)74-42)77-50-44(61)40(23-31(3)73-50)58(11)20-19-37-28-59(57-55-37)39(27-54)24-36-15-17-38(18-16-36)60(67)68/h15-18,28,30-35,39-42,44-48,50,61-63,65-66H,14,19-27,29H2,1-13H3/b56-43+/t30-,31-,32+,33+,34-,35+,39?,40+,41-,42+,44-,45+,46-,47+,48-,50+,51-,52-,53-/m1/s1. The van der Waals surface area contributed by atoms with E-state index in [1.165, 1.54) is 38.0 Å². The largest absolute Gasteiger partial charge is 0.459 e. The molecule has 1 aromatic carbocycles. The van der Waals surface area contributed by atoms with Crippen LogP contribution in [0, 0.1) is 33.8 Å². The van der Waals surface area contributed by atoms with Crippen LogP contribution in [0.25, 0.3) is 0 Å². The van der Waals surface area contributed by atoms with Crippen molar-refractivity contribution in [3.63, 3.8) is 0 Å². The van der Waals surface area contributed by atoms with Gasteiger partial charge in [-0.3, -0.25) is 14.9 Å². The lowest BCUT2D eigenvalue weighted by atomic mass is 9.73. The van der Waals surface area contributed by atoms with E-state index in [0.717, 1.165) is 0 Å². The summed E-state index contributed by atoms with van der Waals surface area (Å²) in [6.45, 7) is 16.5. The van der Waals surface area contributed by atoms with Crippen molar-refractivity contribution >= 4 is 17.4 Å². The van der Waals surface area contributed by atoms with Gasteiger partial charge in [0.25, 0.3) is 5.69 Å². The molecule has 3 aliphatic rings. The van der Waals surface area contributed by atoms with Crippen LogP contribution in [-0.2, 0) is 60.4 Å². The van der Waals surface area contributed by atoms with E-state index in [1.807, 2.05) is 18.9 Å². The summed E-state index contributed by atoms with van der Waals surface area (Å²) in [5, 5.41) is 84.7. The van der Waals surface area contributed by atoms with Crippen LogP contribution >= 0.6 is 0 Å². The summed E-state index contributed by atoms with van der Waals surface area (Å²) >= 11 is 0. The summed E-state index contributed by atoms with van der Waals surface area (Å²) in [4.78, 5) is 32.8. The summed E-state index contributed by atoms with van der Waals surface area (Å²) in [5.41, 5.74) is -3.58. The normalized spacial score (nSPS) is 37.8. The lowest BCUT2D eigenvalue weighted by Gasteiger charge is -2.49. The van der Waals surface area contributed by atoms with Crippen molar-refractivity contribution in [1.82, 2.24) is 19.9 Å². The Morgan fingerprint density at radius 1 is 0.987 bits per heavy atom. The molecule has 77 heavy (non-hydrogen) atoms. The number of nitro groups is 1. The minimum Gasteiger partial charge on any atom is -0.459 e. The van der Waals surface area contributed by atoms with Crippen LogP contribution in [0.5, 0.6) is 0 Å². The molecule has 1 aromatic heterocycles. The highest BCUT2D eigenvalue weighted by Crippen LogP contribution is 2.41. The molecule has 3 fully saturated rings. The quantitative estimate of drug-likeness (QED) is 0.0387. The molecule has 5 rings (SSSR count). The average molecular weight is 1100 g/mol. The summed E-state index contributed by atoms with van der Waals surface area (Å²) < 4.78 is 64.7. The van der Waals surface area contributed by atoms with Gasteiger partial charge in [-0.15, -0.1) is 5.10 Å². The van der Waals surface area contributed by atoms with Crippen LogP contribution in [0.2, 0.25) is 0 Å². The molecule has 3 saturated heterocycles. The van der Waals surface area contributed by atoms with Gasteiger partial charge in [0.2, 0.25) is 6.79 Å². The van der Waals surface area contributed by atoms with E-state index >= 15 is 0 Å². The number of esters is 1. The van der Waals surface area contributed by atoms with Gasteiger partial charge in [-0.05, 0) is 79.8 Å². The summed E-state index contributed by atoms with van der Waals surface area (Å²) in [5.74, 6) is -4.53. The Balaban J connectivity index is 1.49. The number of aliphatic hydroxyl groups is 5. The first-order chi connectivity index (χ1) is 36.2. The van der Waals surface area contributed by atoms with Crippen molar-refractivity contribution < 1.29 is 82.4 Å². The van der Waals surface area contributed by atoms with Crippen molar-refractivity contribution in [3.8, 4) is 0 Å². The number of carbonyl (C=O) groups is 1. The van der Waals surface area contributed by atoms with Crippen molar-refractivity contribution in [2.75, 3.05) is 54.5 Å². The maximum atomic E-state index is 14.6. The number of carbonyl (C=O) groups excluding carboxylic acids is 1. The molecule has 3 aliphatic heterocycles.